The van der Waals surface area contributed by atoms with E-state index in [1.165, 1.54) is 4.88 Å². The first-order valence-electron chi connectivity index (χ1n) is 4.97. The van der Waals surface area contributed by atoms with Gasteiger partial charge in [-0.25, -0.2) is 4.98 Å². The molecule has 80 valence electrons. The maximum absolute atomic E-state index is 9.75. The van der Waals surface area contributed by atoms with Crippen molar-refractivity contribution in [2.75, 3.05) is 7.05 Å². The molecule has 1 heterocycles. The Morgan fingerprint density at radius 1 is 1.57 bits per heavy atom. The van der Waals surface area contributed by atoms with E-state index in [0.29, 0.717) is 0 Å². The van der Waals surface area contributed by atoms with Crippen LogP contribution in [-0.2, 0) is 6.54 Å². The van der Waals surface area contributed by atoms with E-state index >= 15 is 0 Å². The summed E-state index contributed by atoms with van der Waals surface area (Å²) in [6.45, 7) is 4.89. The van der Waals surface area contributed by atoms with Gasteiger partial charge in [-0.1, -0.05) is 13.3 Å². The van der Waals surface area contributed by atoms with Crippen LogP contribution in [0.2, 0.25) is 0 Å². The van der Waals surface area contributed by atoms with Gasteiger partial charge in [-0.15, -0.1) is 11.3 Å². The smallest absolute Gasteiger partial charge is 0.122 e. The van der Waals surface area contributed by atoms with Crippen LogP contribution in [0.3, 0.4) is 0 Å². The summed E-state index contributed by atoms with van der Waals surface area (Å²) in [5, 5.41) is 13.7. The molecule has 0 saturated heterocycles. The number of nitrogens with zero attached hydrogens (tertiary/aromatic N) is 1. The first kappa shape index (κ1) is 11.6. The molecule has 0 aliphatic carbocycles. The van der Waals surface area contributed by atoms with Crippen molar-refractivity contribution >= 4 is 11.3 Å². The lowest BCUT2D eigenvalue weighted by atomic mass is 10.2. The molecule has 0 aliphatic heterocycles. The summed E-state index contributed by atoms with van der Waals surface area (Å²) in [7, 11) is 1.92. The molecule has 0 amide bonds. The first-order valence-corrected chi connectivity index (χ1v) is 5.79. The van der Waals surface area contributed by atoms with Crippen LogP contribution in [0, 0.1) is 6.92 Å². The van der Waals surface area contributed by atoms with Gasteiger partial charge in [-0.3, -0.25) is 0 Å². The molecule has 4 heteroatoms. The molecule has 1 aromatic heterocycles. The third kappa shape index (κ3) is 2.77. The van der Waals surface area contributed by atoms with Gasteiger partial charge in [0.15, 0.2) is 0 Å². The molecule has 0 fully saturated rings. The van der Waals surface area contributed by atoms with Gasteiger partial charge in [-0.05, 0) is 20.4 Å². The fourth-order valence-corrected chi connectivity index (χ4v) is 2.41. The average Bonchev–Trinajstić information content (AvgIpc) is 2.49. The zero-order valence-corrected chi connectivity index (χ0v) is 9.82. The van der Waals surface area contributed by atoms with Crippen LogP contribution < -0.4 is 5.32 Å². The number of hydrogen-bond acceptors (Lipinski definition) is 4. The molecule has 0 spiro atoms. The quantitative estimate of drug-likeness (QED) is 0.788. The van der Waals surface area contributed by atoms with E-state index in [1.54, 1.807) is 11.3 Å². The van der Waals surface area contributed by atoms with Gasteiger partial charge < -0.3 is 10.4 Å². The minimum atomic E-state index is -0.380. The van der Waals surface area contributed by atoms with Crippen LogP contribution in [-0.4, -0.2) is 17.1 Å². The Kier molecular flexibility index (Phi) is 4.51. The highest BCUT2D eigenvalue weighted by Gasteiger charge is 2.13. The highest BCUT2D eigenvalue weighted by Crippen LogP contribution is 2.26. The minimum Gasteiger partial charge on any atom is -0.386 e. The van der Waals surface area contributed by atoms with E-state index in [1.807, 2.05) is 14.0 Å². The van der Waals surface area contributed by atoms with Crippen LogP contribution in [0.15, 0.2) is 0 Å². The average molecular weight is 214 g/mol. The van der Waals surface area contributed by atoms with E-state index in [0.717, 1.165) is 30.1 Å². The van der Waals surface area contributed by atoms with Gasteiger partial charge in [0.05, 0.1) is 5.69 Å². The SMILES string of the molecule is CCCC(O)c1nc(C)c(CNC)s1. The van der Waals surface area contributed by atoms with E-state index in [2.05, 4.69) is 17.2 Å². The minimum absolute atomic E-state index is 0.380. The molecule has 0 radical (unpaired) electrons. The largest absolute Gasteiger partial charge is 0.386 e. The molecule has 0 bridgehead atoms. The van der Waals surface area contributed by atoms with Crippen molar-refractivity contribution in [2.45, 2.75) is 39.3 Å². The second kappa shape index (κ2) is 5.44. The second-order valence-electron chi connectivity index (χ2n) is 3.40. The van der Waals surface area contributed by atoms with Crippen molar-refractivity contribution < 1.29 is 5.11 Å². The van der Waals surface area contributed by atoms with Crippen molar-refractivity contribution in [3.63, 3.8) is 0 Å². The lowest BCUT2D eigenvalue weighted by molar-refractivity contribution is 0.166. The van der Waals surface area contributed by atoms with Crippen LogP contribution in [0.25, 0.3) is 0 Å². The summed E-state index contributed by atoms with van der Waals surface area (Å²) in [6.07, 6.45) is 1.40. The van der Waals surface area contributed by atoms with Gasteiger partial charge in [0.2, 0.25) is 0 Å². The van der Waals surface area contributed by atoms with Crippen molar-refractivity contribution in [3.05, 3.63) is 15.6 Å². The monoisotopic (exact) mass is 214 g/mol. The standard InChI is InChI=1S/C10H18N2OS/c1-4-5-8(13)10-12-7(2)9(14-10)6-11-3/h8,11,13H,4-6H2,1-3H3. The van der Waals surface area contributed by atoms with Gasteiger partial charge in [0, 0.05) is 11.4 Å². The molecular formula is C10H18N2OS. The summed E-state index contributed by atoms with van der Waals surface area (Å²) in [6, 6.07) is 0. The van der Waals surface area contributed by atoms with Crippen LogP contribution in [0.4, 0.5) is 0 Å². The van der Waals surface area contributed by atoms with E-state index < -0.39 is 0 Å². The van der Waals surface area contributed by atoms with Crippen molar-refractivity contribution in [2.24, 2.45) is 0 Å². The number of rotatable bonds is 5. The Balaban J connectivity index is 2.74. The third-order valence-electron chi connectivity index (χ3n) is 2.09. The molecule has 1 atom stereocenters. The summed E-state index contributed by atoms with van der Waals surface area (Å²) in [5.41, 5.74) is 1.04. The van der Waals surface area contributed by atoms with Crippen LogP contribution in [0.1, 0.15) is 41.4 Å². The summed E-state index contributed by atoms with van der Waals surface area (Å²) in [5.74, 6) is 0. The topological polar surface area (TPSA) is 45.2 Å². The Hall–Kier alpha value is -0.450. The number of aliphatic hydroxyl groups is 1. The molecule has 1 aromatic rings. The van der Waals surface area contributed by atoms with Crippen LogP contribution >= 0.6 is 11.3 Å². The Morgan fingerprint density at radius 2 is 2.29 bits per heavy atom. The normalized spacial score (nSPS) is 13.1. The Labute approximate surface area is 89.2 Å². The number of thiazole rings is 1. The lowest BCUT2D eigenvalue weighted by Crippen LogP contribution is -2.04. The van der Waals surface area contributed by atoms with Gasteiger partial charge in [-0.2, -0.15) is 0 Å². The fourth-order valence-electron chi connectivity index (χ4n) is 1.31. The Morgan fingerprint density at radius 3 is 2.86 bits per heavy atom. The lowest BCUT2D eigenvalue weighted by Gasteiger charge is -2.03. The van der Waals surface area contributed by atoms with Crippen molar-refractivity contribution in [3.8, 4) is 0 Å². The molecule has 14 heavy (non-hydrogen) atoms. The maximum Gasteiger partial charge on any atom is 0.122 e. The predicted octanol–water partition coefficient (Wildman–Crippen LogP) is 2.00. The number of nitrogens with one attached hydrogen (secondary N) is 1. The third-order valence-corrected chi connectivity index (χ3v) is 3.35. The van der Waals surface area contributed by atoms with Crippen LogP contribution in [0.5, 0.6) is 0 Å². The summed E-state index contributed by atoms with van der Waals surface area (Å²) in [4.78, 5) is 5.60. The molecule has 1 unspecified atom stereocenters. The maximum atomic E-state index is 9.75. The van der Waals surface area contributed by atoms with Gasteiger partial charge in [0.25, 0.3) is 0 Å². The molecule has 0 aromatic carbocycles. The molecule has 1 rings (SSSR count). The van der Waals surface area contributed by atoms with Gasteiger partial charge in [0.1, 0.15) is 11.1 Å². The van der Waals surface area contributed by atoms with E-state index in [9.17, 15) is 5.11 Å². The molecule has 0 saturated carbocycles. The zero-order chi connectivity index (χ0) is 10.6. The zero-order valence-electron chi connectivity index (χ0n) is 9.00. The van der Waals surface area contributed by atoms with E-state index in [-0.39, 0.29) is 6.10 Å². The highest BCUT2D eigenvalue weighted by atomic mass is 32.1. The van der Waals surface area contributed by atoms with Crippen molar-refractivity contribution in [1.82, 2.24) is 10.3 Å². The second-order valence-corrected chi connectivity index (χ2v) is 4.51. The number of aliphatic hydroxyl groups excluding tert-OH is 1. The predicted molar refractivity (Wildman–Crippen MR) is 59.5 cm³/mol. The van der Waals surface area contributed by atoms with E-state index in [4.69, 9.17) is 0 Å². The molecule has 3 nitrogen and oxygen atoms in total. The number of aryl methyl sites for hydroxylation is 1. The summed E-state index contributed by atoms with van der Waals surface area (Å²) < 4.78 is 0. The molecule has 0 aliphatic rings. The highest BCUT2D eigenvalue weighted by molar-refractivity contribution is 7.11. The molecular weight excluding hydrogens is 196 g/mol. The number of aromatic nitrogens is 1. The Bertz CT molecular complexity index is 286. The first-order chi connectivity index (χ1) is 6.69. The number of hydrogen-bond donors (Lipinski definition) is 2. The van der Waals surface area contributed by atoms with Gasteiger partial charge >= 0.3 is 0 Å². The van der Waals surface area contributed by atoms with Crippen molar-refractivity contribution in [1.29, 1.82) is 0 Å². The fraction of sp³-hybridized carbons (Fsp3) is 0.700. The molecule has 2 N–H and O–H groups in total. The summed E-state index contributed by atoms with van der Waals surface area (Å²) >= 11 is 1.61.